The normalized spacial score (nSPS) is 9.83. The second-order valence-electron chi connectivity index (χ2n) is 4.03. The van der Waals surface area contributed by atoms with E-state index in [1.165, 1.54) is 0 Å². The quantitative estimate of drug-likeness (QED) is 0.599. The number of hydrogen-bond acceptors (Lipinski definition) is 2. The average molecular weight is 238 g/mol. The van der Waals surface area contributed by atoms with Crippen molar-refractivity contribution in [1.29, 1.82) is 0 Å². The Morgan fingerprint density at radius 1 is 1.17 bits per heavy atom. The Kier molecular flexibility index (Phi) is 3.58. The molecule has 0 heterocycles. The van der Waals surface area contributed by atoms with E-state index >= 15 is 0 Å². The molecule has 0 unspecified atom stereocenters. The molecule has 0 spiro atoms. The molecule has 2 nitrogen and oxygen atoms in total. The fourth-order valence-corrected chi connectivity index (χ4v) is 1.56. The highest BCUT2D eigenvalue weighted by atomic mass is 16.5. The number of aryl methyl sites for hydroxylation is 1. The van der Waals surface area contributed by atoms with E-state index in [0.29, 0.717) is 11.3 Å². The SMILES string of the molecule is C=Cc1cccc(OC(=O)c2ccc(C)cc2)c1. The number of ether oxygens (including phenoxy) is 1. The molecule has 2 aromatic rings. The van der Waals surface area contributed by atoms with Gasteiger partial charge in [0, 0.05) is 0 Å². The van der Waals surface area contributed by atoms with Crippen LogP contribution in [0, 0.1) is 6.92 Å². The van der Waals surface area contributed by atoms with Crippen LogP contribution in [-0.2, 0) is 0 Å². The Morgan fingerprint density at radius 3 is 2.56 bits per heavy atom. The van der Waals surface area contributed by atoms with E-state index in [9.17, 15) is 4.79 Å². The zero-order chi connectivity index (χ0) is 13.0. The lowest BCUT2D eigenvalue weighted by Crippen LogP contribution is -2.08. The maximum absolute atomic E-state index is 11.9. The number of rotatable bonds is 3. The monoisotopic (exact) mass is 238 g/mol. The molecular weight excluding hydrogens is 224 g/mol. The second-order valence-corrected chi connectivity index (χ2v) is 4.03. The maximum atomic E-state index is 11.9. The summed E-state index contributed by atoms with van der Waals surface area (Å²) in [5, 5.41) is 0. The molecule has 0 aliphatic heterocycles. The molecule has 0 aliphatic carbocycles. The van der Waals surface area contributed by atoms with Crippen LogP contribution in [-0.4, -0.2) is 5.97 Å². The molecule has 18 heavy (non-hydrogen) atoms. The van der Waals surface area contributed by atoms with E-state index in [2.05, 4.69) is 6.58 Å². The van der Waals surface area contributed by atoms with E-state index in [0.717, 1.165) is 11.1 Å². The van der Waals surface area contributed by atoms with Gasteiger partial charge in [0.2, 0.25) is 0 Å². The van der Waals surface area contributed by atoms with Crippen LogP contribution in [0.4, 0.5) is 0 Å². The van der Waals surface area contributed by atoms with Crippen molar-refractivity contribution in [1.82, 2.24) is 0 Å². The van der Waals surface area contributed by atoms with E-state index < -0.39 is 0 Å². The second kappa shape index (κ2) is 5.32. The summed E-state index contributed by atoms with van der Waals surface area (Å²) >= 11 is 0. The van der Waals surface area contributed by atoms with Gasteiger partial charge in [-0.1, -0.05) is 42.5 Å². The van der Waals surface area contributed by atoms with Crippen molar-refractivity contribution >= 4 is 12.0 Å². The molecule has 2 rings (SSSR count). The maximum Gasteiger partial charge on any atom is 0.343 e. The summed E-state index contributed by atoms with van der Waals surface area (Å²) in [5.41, 5.74) is 2.58. The predicted octanol–water partition coefficient (Wildman–Crippen LogP) is 3.86. The fraction of sp³-hybridized carbons (Fsp3) is 0.0625. The minimum absolute atomic E-state index is 0.351. The lowest BCUT2D eigenvalue weighted by Gasteiger charge is -2.05. The third-order valence-corrected chi connectivity index (χ3v) is 2.59. The first-order valence-electron chi connectivity index (χ1n) is 5.70. The molecule has 2 heteroatoms. The summed E-state index contributed by atoms with van der Waals surface area (Å²) in [6, 6.07) is 14.5. The largest absolute Gasteiger partial charge is 0.423 e. The summed E-state index contributed by atoms with van der Waals surface area (Å²) in [4.78, 5) is 11.9. The number of benzene rings is 2. The van der Waals surface area contributed by atoms with Gasteiger partial charge in [0.15, 0.2) is 0 Å². The highest BCUT2D eigenvalue weighted by Gasteiger charge is 2.07. The highest BCUT2D eigenvalue weighted by molar-refractivity contribution is 5.91. The zero-order valence-electron chi connectivity index (χ0n) is 10.2. The Balaban J connectivity index is 2.15. The molecular formula is C16H14O2. The lowest BCUT2D eigenvalue weighted by molar-refractivity contribution is 0.0735. The number of esters is 1. The van der Waals surface area contributed by atoms with Gasteiger partial charge in [-0.15, -0.1) is 0 Å². The van der Waals surface area contributed by atoms with Crippen molar-refractivity contribution in [3.05, 3.63) is 71.8 Å². The van der Waals surface area contributed by atoms with Crippen molar-refractivity contribution in [2.75, 3.05) is 0 Å². The van der Waals surface area contributed by atoms with Crippen LogP contribution in [0.2, 0.25) is 0 Å². The first-order valence-corrected chi connectivity index (χ1v) is 5.70. The minimum atomic E-state index is -0.351. The Morgan fingerprint density at radius 2 is 1.89 bits per heavy atom. The number of carbonyl (C=O) groups excluding carboxylic acids is 1. The topological polar surface area (TPSA) is 26.3 Å². The van der Waals surface area contributed by atoms with Crippen LogP contribution in [0.3, 0.4) is 0 Å². The first kappa shape index (κ1) is 12.1. The molecule has 0 aliphatic rings. The summed E-state index contributed by atoms with van der Waals surface area (Å²) in [5.74, 6) is 0.175. The smallest absolute Gasteiger partial charge is 0.343 e. The van der Waals surface area contributed by atoms with Gasteiger partial charge in [0.1, 0.15) is 5.75 Å². The van der Waals surface area contributed by atoms with E-state index in [-0.39, 0.29) is 5.97 Å². The predicted molar refractivity (Wildman–Crippen MR) is 72.7 cm³/mol. The van der Waals surface area contributed by atoms with Crippen LogP contribution in [0.15, 0.2) is 55.1 Å². The Bertz CT molecular complexity index is 568. The molecule has 0 amide bonds. The zero-order valence-corrected chi connectivity index (χ0v) is 10.2. The Hall–Kier alpha value is -2.35. The van der Waals surface area contributed by atoms with Crippen LogP contribution < -0.4 is 4.74 Å². The van der Waals surface area contributed by atoms with Gasteiger partial charge in [0.05, 0.1) is 5.56 Å². The van der Waals surface area contributed by atoms with E-state index in [4.69, 9.17) is 4.74 Å². The minimum Gasteiger partial charge on any atom is -0.423 e. The number of hydrogen-bond donors (Lipinski definition) is 0. The molecule has 0 aromatic heterocycles. The van der Waals surface area contributed by atoms with Crippen molar-refractivity contribution in [2.24, 2.45) is 0 Å². The molecule has 0 atom stereocenters. The van der Waals surface area contributed by atoms with E-state index in [1.54, 1.807) is 30.3 Å². The summed E-state index contributed by atoms with van der Waals surface area (Å²) < 4.78 is 5.30. The summed E-state index contributed by atoms with van der Waals surface area (Å²) in [6.45, 7) is 5.65. The first-order chi connectivity index (χ1) is 8.69. The van der Waals surface area contributed by atoms with Gasteiger partial charge in [-0.25, -0.2) is 4.79 Å². The summed E-state index contributed by atoms with van der Waals surface area (Å²) in [7, 11) is 0. The van der Waals surface area contributed by atoms with Crippen molar-refractivity contribution in [2.45, 2.75) is 6.92 Å². The third-order valence-electron chi connectivity index (χ3n) is 2.59. The van der Waals surface area contributed by atoms with Crippen LogP contribution >= 0.6 is 0 Å². The van der Waals surface area contributed by atoms with Crippen molar-refractivity contribution in [3.63, 3.8) is 0 Å². The standard InChI is InChI=1S/C16H14O2/c1-3-13-5-4-6-15(11-13)18-16(17)14-9-7-12(2)8-10-14/h3-11H,1H2,2H3. The Labute approximate surface area is 107 Å². The van der Waals surface area contributed by atoms with Crippen molar-refractivity contribution in [3.8, 4) is 5.75 Å². The average Bonchev–Trinajstić information content (AvgIpc) is 2.39. The number of carbonyl (C=O) groups is 1. The van der Waals surface area contributed by atoms with Gasteiger partial charge in [-0.3, -0.25) is 0 Å². The van der Waals surface area contributed by atoms with Gasteiger partial charge < -0.3 is 4.74 Å². The van der Waals surface area contributed by atoms with Crippen LogP contribution in [0.5, 0.6) is 5.75 Å². The van der Waals surface area contributed by atoms with Gasteiger partial charge in [-0.2, -0.15) is 0 Å². The molecule has 0 bridgehead atoms. The van der Waals surface area contributed by atoms with Crippen LogP contribution in [0.1, 0.15) is 21.5 Å². The van der Waals surface area contributed by atoms with E-state index in [1.807, 2.05) is 31.2 Å². The molecule has 0 saturated carbocycles. The summed E-state index contributed by atoms with van der Waals surface area (Å²) in [6.07, 6.45) is 1.71. The molecule has 0 saturated heterocycles. The third kappa shape index (κ3) is 2.86. The van der Waals surface area contributed by atoms with Crippen LogP contribution in [0.25, 0.3) is 6.08 Å². The van der Waals surface area contributed by atoms with Gasteiger partial charge >= 0.3 is 5.97 Å². The molecule has 2 aromatic carbocycles. The molecule has 0 N–H and O–H groups in total. The molecule has 90 valence electrons. The highest BCUT2D eigenvalue weighted by Crippen LogP contribution is 2.16. The molecule has 0 radical (unpaired) electrons. The lowest BCUT2D eigenvalue weighted by atomic mass is 10.1. The molecule has 0 fully saturated rings. The van der Waals surface area contributed by atoms with Gasteiger partial charge in [0.25, 0.3) is 0 Å². The van der Waals surface area contributed by atoms with Gasteiger partial charge in [-0.05, 0) is 36.8 Å². The van der Waals surface area contributed by atoms with Crippen molar-refractivity contribution < 1.29 is 9.53 Å². The fourth-order valence-electron chi connectivity index (χ4n) is 1.56.